The number of hydrogen-bond donors (Lipinski definition) is 0. The van der Waals surface area contributed by atoms with Crippen molar-refractivity contribution in [2.45, 2.75) is 51.2 Å². The van der Waals surface area contributed by atoms with Gasteiger partial charge in [-0.3, -0.25) is 4.79 Å². The van der Waals surface area contributed by atoms with E-state index in [2.05, 4.69) is 55.2 Å². The third-order valence-corrected chi connectivity index (χ3v) is 5.05. The number of carbonyl (C=O) groups excluding carboxylic acids is 1. The van der Waals surface area contributed by atoms with Crippen LogP contribution in [0.15, 0.2) is 24.3 Å². The summed E-state index contributed by atoms with van der Waals surface area (Å²) in [4.78, 5) is 19.0. The summed E-state index contributed by atoms with van der Waals surface area (Å²) in [6.07, 6.45) is 5.47. The van der Waals surface area contributed by atoms with Gasteiger partial charge in [-0.2, -0.15) is 0 Å². The molecule has 0 spiro atoms. The van der Waals surface area contributed by atoms with E-state index in [0.29, 0.717) is 19.0 Å². The van der Waals surface area contributed by atoms with Crippen molar-refractivity contribution >= 4 is 5.91 Å². The van der Waals surface area contributed by atoms with E-state index >= 15 is 0 Å². The van der Waals surface area contributed by atoms with Gasteiger partial charge in [0.25, 0.3) is 0 Å². The summed E-state index contributed by atoms with van der Waals surface area (Å²) in [6.45, 7) is 2.78. The van der Waals surface area contributed by atoms with E-state index in [9.17, 15) is 4.79 Å². The highest BCUT2D eigenvalue weighted by Crippen LogP contribution is 2.20. The average molecular weight is 332 g/mol. The Morgan fingerprint density at radius 1 is 1.12 bits per heavy atom. The van der Waals surface area contributed by atoms with Crippen molar-refractivity contribution in [3.8, 4) is 0 Å². The van der Waals surface area contributed by atoms with Gasteiger partial charge in [-0.1, -0.05) is 30.7 Å². The maximum Gasteiger partial charge on any atom is 0.222 e. The first-order valence-electron chi connectivity index (χ1n) is 9.13. The Bertz CT molecular complexity index is 529. The molecule has 1 saturated heterocycles. The number of likely N-dealkylation sites (tertiary alicyclic amines) is 1. The predicted octanol–water partition coefficient (Wildman–Crippen LogP) is 2.97. The number of nitrogens with zero attached hydrogens (tertiary/aromatic N) is 3. The number of amides is 1. The zero-order valence-corrected chi connectivity index (χ0v) is 15.8. The fourth-order valence-electron chi connectivity index (χ4n) is 3.54. The molecule has 0 N–H and O–H groups in total. The van der Waals surface area contributed by atoms with Gasteiger partial charge in [-0.25, -0.2) is 0 Å². The van der Waals surface area contributed by atoms with E-state index < -0.39 is 0 Å². The molecule has 0 saturated carbocycles. The van der Waals surface area contributed by atoms with Crippen molar-refractivity contribution in [1.29, 1.82) is 0 Å². The van der Waals surface area contributed by atoms with Gasteiger partial charge >= 0.3 is 0 Å². The fraction of sp³-hybridized carbons (Fsp3) is 0.650. The van der Waals surface area contributed by atoms with Gasteiger partial charge in [0.05, 0.1) is 0 Å². The SMILES string of the molecule is CN(C)Cc1ccccc1CN(C)C(=O)CCC1CCCCN1C. The van der Waals surface area contributed by atoms with Gasteiger partial charge in [-0.05, 0) is 58.1 Å². The predicted molar refractivity (Wildman–Crippen MR) is 99.8 cm³/mol. The number of hydrogen-bond acceptors (Lipinski definition) is 3. The maximum atomic E-state index is 12.5. The average Bonchev–Trinajstić information content (AvgIpc) is 2.55. The van der Waals surface area contributed by atoms with E-state index in [0.717, 1.165) is 13.0 Å². The van der Waals surface area contributed by atoms with Crippen molar-refractivity contribution in [3.05, 3.63) is 35.4 Å². The Labute approximate surface area is 147 Å². The molecule has 0 bridgehead atoms. The standard InChI is InChI=1S/C20H33N3O/c1-21(2)15-17-9-5-6-10-18(17)16-23(4)20(24)13-12-19-11-7-8-14-22(19)3/h5-6,9-10,19H,7-8,11-16H2,1-4H3. The molecular formula is C20H33N3O. The summed E-state index contributed by atoms with van der Waals surface area (Å²) in [7, 11) is 8.27. The van der Waals surface area contributed by atoms with Crippen LogP contribution in [0.4, 0.5) is 0 Å². The second-order valence-corrected chi connectivity index (χ2v) is 7.43. The molecule has 1 unspecified atom stereocenters. The zero-order chi connectivity index (χ0) is 17.5. The molecule has 24 heavy (non-hydrogen) atoms. The topological polar surface area (TPSA) is 26.8 Å². The molecule has 1 fully saturated rings. The van der Waals surface area contributed by atoms with Crippen LogP contribution in [0.25, 0.3) is 0 Å². The number of carbonyl (C=O) groups is 1. The number of piperidine rings is 1. The van der Waals surface area contributed by atoms with E-state index in [4.69, 9.17) is 0 Å². The minimum atomic E-state index is 0.258. The molecule has 1 aromatic rings. The van der Waals surface area contributed by atoms with Gasteiger partial charge in [0, 0.05) is 32.6 Å². The molecule has 0 radical (unpaired) electrons. The van der Waals surface area contributed by atoms with Crippen LogP contribution >= 0.6 is 0 Å². The molecule has 1 atom stereocenters. The Morgan fingerprint density at radius 3 is 2.42 bits per heavy atom. The Balaban J connectivity index is 1.87. The normalized spacial score (nSPS) is 18.8. The van der Waals surface area contributed by atoms with Crippen LogP contribution in [-0.2, 0) is 17.9 Å². The Kier molecular flexibility index (Phi) is 7.25. The minimum Gasteiger partial charge on any atom is -0.341 e. The Hall–Kier alpha value is -1.39. The van der Waals surface area contributed by atoms with E-state index in [-0.39, 0.29) is 5.91 Å². The number of benzene rings is 1. The Morgan fingerprint density at radius 2 is 1.79 bits per heavy atom. The van der Waals surface area contributed by atoms with E-state index in [1.54, 1.807) is 0 Å². The lowest BCUT2D eigenvalue weighted by Crippen LogP contribution is -2.37. The molecule has 4 heteroatoms. The van der Waals surface area contributed by atoms with Crippen LogP contribution in [0.3, 0.4) is 0 Å². The molecule has 4 nitrogen and oxygen atoms in total. The minimum absolute atomic E-state index is 0.258. The summed E-state index contributed by atoms with van der Waals surface area (Å²) in [5, 5.41) is 0. The third kappa shape index (κ3) is 5.60. The summed E-state index contributed by atoms with van der Waals surface area (Å²) in [6, 6.07) is 9.01. The quantitative estimate of drug-likeness (QED) is 0.768. The third-order valence-electron chi connectivity index (χ3n) is 5.05. The lowest BCUT2D eigenvalue weighted by atomic mass is 9.98. The van der Waals surface area contributed by atoms with Crippen LogP contribution < -0.4 is 0 Å². The molecule has 1 aliphatic rings. The zero-order valence-electron chi connectivity index (χ0n) is 15.8. The monoisotopic (exact) mass is 331 g/mol. The van der Waals surface area contributed by atoms with Gasteiger partial charge in [0.1, 0.15) is 0 Å². The molecular weight excluding hydrogens is 298 g/mol. The highest BCUT2D eigenvalue weighted by Gasteiger charge is 2.20. The molecule has 1 heterocycles. The first-order chi connectivity index (χ1) is 11.5. The molecule has 1 aliphatic heterocycles. The summed E-state index contributed by atoms with van der Waals surface area (Å²) in [5.74, 6) is 0.258. The van der Waals surface area contributed by atoms with Crippen LogP contribution in [0.1, 0.15) is 43.2 Å². The van der Waals surface area contributed by atoms with Crippen molar-refractivity contribution in [3.63, 3.8) is 0 Å². The van der Waals surface area contributed by atoms with Gasteiger partial charge in [-0.15, -0.1) is 0 Å². The van der Waals surface area contributed by atoms with E-state index in [1.807, 2.05) is 11.9 Å². The van der Waals surface area contributed by atoms with E-state index in [1.165, 1.54) is 36.9 Å². The van der Waals surface area contributed by atoms with Crippen molar-refractivity contribution in [2.24, 2.45) is 0 Å². The van der Waals surface area contributed by atoms with Gasteiger partial charge in [0.2, 0.25) is 5.91 Å². The van der Waals surface area contributed by atoms with Gasteiger partial charge in [0.15, 0.2) is 0 Å². The van der Waals surface area contributed by atoms with Crippen LogP contribution in [0.2, 0.25) is 0 Å². The largest absolute Gasteiger partial charge is 0.341 e. The van der Waals surface area contributed by atoms with Crippen LogP contribution in [0.5, 0.6) is 0 Å². The lowest BCUT2D eigenvalue weighted by Gasteiger charge is -2.32. The van der Waals surface area contributed by atoms with Crippen LogP contribution in [-0.4, -0.2) is 61.4 Å². The smallest absolute Gasteiger partial charge is 0.222 e. The molecule has 1 amide bonds. The first kappa shape index (κ1) is 18.9. The van der Waals surface area contributed by atoms with Crippen LogP contribution in [0, 0.1) is 0 Å². The molecule has 0 aromatic heterocycles. The lowest BCUT2D eigenvalue weighted by molar-refractivity contribution is -0.130. The van der Waals surface area contributed by atoms with Crippen molar-refractivity contribution < 1.29 is 4.79 Å². The number of rotatable bonds is 7. The second kappa shape index (κ2) is 9.19. The fourth-order valence-corrected chi connectivity index (χ4v) is 3.54. The summed E-state index contributed by atoms with van der Waals surface area (Å²) >= 11 is 0. The molecule has 1 aromatic carbocycles. The highest BCUT2D eigenvalue weighted by atomic mass is 16.2. The highest BCUT2D eigenvalue weighted by molar-refractivity contribution is 5.75. The molecule has 0 aliphatic carbocycles. The second-order valence-electron chi connectivity index (χ2n) is 7.43. The molecule has 2 rings (SSSR count). The maximum absolute atomic E-state index is 12.5. The summed E-state index contributed by atoms with van der Waals surface area (Å²) in [5.41, 5.74) is 2.55. The summed E-state index contributed by atoms with van der Waals surface area (Å²) < 4.78 is 0. The van der Waals surface area contributed by atoms with Gasteiger partial charge < -0.3 is 14.7 Å². The van der Waals surface area contributed by atoms with Crippen molar-refractivity contribution in [2.75, 3.05) is 34.7 Å². The molecule has 134 valence electrons. The van der Waals surface area contributed by atoms with Crippen molar-refractivity contribution in [1.82, 2.24) is 14.7 Å². The first-order valence-corrected chi connectivity index (χ1v) is 9.13.